The van der Waals surface area contributed by atoms with Gasteiger partial charge in [0.15, 0.2) is 0 Å². The highest BCUT2D eigenvalue weighted by Gasteiger charge is 2.18. The van der Waals surface area contributed by atoms with Gasteiger partial charge in [0.25, 0.3) is 11.6 Å². The van der Waals surface area contributed by atoms with Gasteiger partial charge in [0.05, 0.1) is 10.4 Å². The predicted molar refractivity (Wildman–Crippen MR) is 87.3 cm³/mol. The van der Waals surface area contributed by atoms with Crippen LogP contribution in [0.2, 0.25) is 10.3 Å². The maximum absolute atomic E-state index is 12.7. The van der Waals surface area contributed by atoms with Gasteiger partial charge in [0, 0.05) is 28.8 Å². The first-order valence-corrected chi connectivity index (χ1v) is 7.26. The molecule has 1 aromatic carbocycles. The largest absolute Gasteiger partial charge is 0.280 e. The monoisotopic (exact) mass is 349 g/mol. The van der Waals surface area contributed by atoms with Gasteiger partial charge in [-0.25, -0.2) is 4.98 Å². The first kappa shape index (κ1) is 15.5. The summed E-state index contributed by atoms with van der Waals surface area (Å²) in [6.07, 6.45) is 0. The molecular formula is C15H9Cl2N3O3. The topological polar surface area (TPSA) is 78.0 Å². The summed E-state index contributed by atoms with van der Waals surface area (Å²) in [5.74, 6) is -0.336. The quantitative estimate of drug-likeness (QED) is 0.393. The van der Waals surface area contributed by atoms with Crippen molar-refractivity contribution in [2.45, 2.75) is 6.92 Å². The molecule has 8 heteroatoms. The van der Waals surface area contributed by atoms with Crippen LogP contribution in [0.25, 0.3) is 10.9 Å². The van der Waals surface area contributed by atoms with Gasteiger partial charge in [-0.1, -0.05) is 23.2 Å². The smallest absolute Gasteiger partial charge is 0.270 e. The molecule has 2 heterocycles. The van der Waals surface area contributed by atoms with Gasteiger partial charge in [-0.15, -0.1) is 0 Å². The number of aromatic nitrogens is 2. The molecule has 0 spiro atoms. The summed E-state index contributed by atoms with van der Waals surface area (Å²) in [4.78, 5) is 26.9. The second-order valence-electron chi connectivity index (χ2n) is 4.93. The van der Waals surface area contributed by atoms with E-state index in [1.165, 1.54) is 28.8 Å². The average molecular weight is 350 g/mol. The average Bonchev–Trinajstić information content (AvgIpc) is 2.80. The van der Waals surface area contributed by atoms with Gasteiger partial charge in [0.1, 0.15) is 10.3 Å². The van der Waals surface area contributed by atoms with Crippen LogP contribution in [-0.2, 0) is 0 Å². The number of nitro groups is 1. The van der Waals surface area contributed by atoms with Gasteiger partial charge < -0.3 is 0 Å². The van der Waals surface area contributed by atoms with E-state index in [1.807, 2.05) is 0 Å². The second-order valence-corrected chi connectivity index (χ2v) is 5.70. The van der Waals surface area contributed by atoms with E-state index in [0.717, 1.165) is 0 Å². The van der Waals surface area contributed by atoms with Crippen LogP contribution in [-0.4, -0.2) is 20.4 Å². The molecule has 0 aliphatic heterocycles. The minimum absolute atomic E-state index is 0.0305. The number of halogens is 2. The fraction of sp³-hybridized carbons (Fsp3) is 0.0667. The summed E-state index contributed by atoms with van der Waals surface area (Å²) < 4.78 is 1.46. The number of pyridine rings is 1. The highest BCUT2D eigenvalue weighted by molar-refractivity contribution is 6.33. The number of carbonyl (C=O) groups excluding carboxylic acids is 1. The van der Waals surface area contributed by atoms with Crippen LogP contribution in [0.4, 0.5) is 5.69 Å². The molecule has 0 bridgehead atoms. The van der Waals surface area contributed by atoms with Crippen LogP contribution >= 0.6 is 23.2 Å². The van der Waals surface area contributed by atoms with Gasteiger partial charge in [0.2, 0.25) is 0 Å². The first-order chi connectivity index (χ1) is 10.9. The molecule has 3 aromatic rings. The Morgan fingerprint density at radius 3 is 2.43 bits per heavy atom. The molecule has 0 fully saturated rings. The van der Waals surface area contributed by atoms with Crippen molar-refractivity contribution in [3.63, 3.8) is 0 Å². The fourth-order valence-electron chi connectivity index (χ4n) is 2.44. The lowest BCUT2D eigenvalue weighted by Crippen LogP contribution is -2.13. The molecule has 23 heavy (non-hydrogen) atoms. The highest BCUT2D eigenvalue weighted by Crippen LogP contribution is 2.26. The molecular weight excluding hydrogens is 341 g/mol. The molecule has 0 radical (unpaired) electrons. The number of non-ortho nitro benzene ring substituents is 1. The predicted octanol–water partition coefficient (Wildman–Crippen LogP) is 4.25. The van der Waals surface area contributed by atoms with Crippen LogP contribution in [0.15, 0.2) is 36.4 Å². The minimum atomic E-state index is -0.476. The molecule has 3 rings (SSSR count). The van der Waals surface area contributed by atoms with Crippen molar-refractivity contribution in [2.75, 3.05) is 0 Å². The summed E-state index contributed by atoms with van der Waals surface area (Å²) in [5.41, 5.74) is 1.47. The molecule has 0 unspecified atom stereocenters. The molecule has 0 aliphatic rings. The van der Waals surface area contributed by atoms with E-state index >= 15 is 0 Å². The van der Waals surface area contributed by atoms with Crippen molar-refractivity contribution in [1.29, 1.82) is 0 Å². The normalized spacial score (nSPS) is 10.9. The van der Waals surface area contributed by atoms with E-state index in [4.69, 9.17) is 23.2 Å². The van der Waals surface area contributed by atoms with Crippen molar-refractivity contribution >= 4 is 45.7 Å². The summed E-state index contributed by atoms with van der Waals surface area (Å²) >= 11 is 11.7. The molecule has 0 saturated heterocycles. The molecule has 0 N–H and O–H groups in total. The van der Waals surface area contributed by atoms with Crippen LogP contribution in [0, 0.1) is 17.0 Å². The third kappa shape index (κ3) is 2.78. The molecule has 116 valence electrons. The summed E-state index contributed by atoms with van der Waals surface area (Å²) in [6.45, 7) is 1.74. The Morgan fingerprint density at radius 1 is 1.17 bits per heavy atom. The number of hydrogen-bond acceptors (Lipinski definition) is 4. The van der Waals surface area contributed by atoms with Crippen molar-refractivity contribution < 1.29 is 9.72 Å². The maximum Gasteiger partial charge on any atom is 0.270 e. The zero-order valence-corrected chi connectivity index (χ0v) is 13.3. The second kappa shape index (κ2) is 5.64. The lowest BCUT2D eigenvalue weighted by molar-refractivity contribution is -0.384. The number of aryl methyl sites for hydroxylation is 1. The highest BCUT2D eigenvalue weighted by atomic mass is 35.5. The van der Waals surface area contributed by atoms with Crippen LogP contribution in [0.5, 0.6) is 0 Å². The Balaban J connectivity index is 2.17. The Hall–Kier alpha value is -2.44. The lowest BCUT2D eigenvalue weighted by atomic mass is 10.2. The lowest BCUT2D eigenvalue weighted by Gasteiger charge is -2.07. The van der Waals surface area contributed by atoms with Crippen molar-refractivity contribution in [3.05, 3.63) is 68.1 Å². The van der Waals surface area contributed by atoms with E-state index in [1.54, 1.807) is 19.1 Å². The third-order valence-electron chi connectivity index (χ3n) is 3.39. The zero-order chi connectivity index (χ0) is 16.7. The standard InChI is InChI=1S/C15H9Cl2N3O3/c1-8-4-9-5-11(20(22)23)2-3-12(9)19(8)15(21)10-6-13(16)18-14(17)7-10/h2-7H,1H3. The number of nitrogens with zero attached hydrogens (tertiary/aromatic N) is 3. The van der Waals surface area contributed by atoms with Gasteiger partial charge in [-0.05, 0) is 31.2 Å². The maximum atomic E-state index is 12.7. The first-order valence-electron chi connectivity index (χ1n) is 6.51. The van der Waals surface area contributed by atoms with Crippen molar-refractivity contribution in [1.82, 2.24) is 9.55 Å². The Kier molecular flexibility index (Phi) is 3.79. The van der Waals surface area contributed by atoms with E-state index in [-0.39, 0.29) is 27.5 Å². The molecule has 0 amide bonds. The van der Waals surface area contributed by atoms with Gasteiger partial charge in [-0.3, -0.25) is 19.5 Å². The van der Waals surface area contributed by atoms with Crippen LogP contribution in [0.3, 0.4) is 0 Å². The molecule has 6 nitrogen and oxygen atoms in total. The Bertz CT molecular complexity index is 946. The number of fused-ring (bicyclic) bond motifs is 1. The zero-order valence-electron chi connectivity index (χ0n) is 11.8. The van der Waals surface area contributed by atoms with Crippen LogP contribution < -0.4 is 0 Å². The third-order valence-corrected chi connectivity index (χ3v) is 3.78. The van der Waals surface area contributed by atoms with Crippen LogP contribution in [0.1, 0.15) is 16.1 Å². The Morgan fingerprint density at radius 2 is 1.83 bits per heavy atom. The minimum Gasteiger partial charge on any atom is -0.280 e. The van der Waals surface area contributed by atoms with Crippen molar-refractivity contribution in [3.8, 4) is 0 Å². The SMILES string of the molecule is Cc1cc2cc([N+](=O)[O-])ccc2n1C(=O)c1cc(Cl)nc(Cl)c1. The number of rotatable bonds is 2. The summed E-state index contributed by atoms with van der Waals surface area (Å²) in [7, 11) is 0. The van der Waals surface area contributed by atoms with E-state index < -0.39 is 4.92 Å². The number of benzene rings is 1. The Labute approximate surface area is 140 Å². The van der Waals surface area contributed by atoms with E-state index in [9.17, 15) is 14.9 Å². The molecule has 0 aliphatic carbocycles. The number of carbonyl (C=O) groups is 1. The number of nitro benzene ring substituents is 1. The van der Waals surface area contributed by atoms with Crippen molar-refractivity contribution in [2.24, 2.45) is 0 Å². The van der Waals surface area contributed by atoms with Gasteiger partial charge in [-0.2, -0.15) is 0 Å². The van der Waals surface area contributed by atoms with Gasteiger partial charge >= 0.3 is 0 Å². The molecule has 0 saturated carbocycles. The van der Waals surface area contributed by atoms with E-state index in [0.29, 0.717) is 16.6 Å². The fourth-order valence-corrected chi connectivity index (χ4v) is 2.90. The number of hydrogen-bond donors (Lipinski definition) is 0. The van der Waals surface area contributed by atoms with E-state index in [2.05, 4.69) is 4.98 Å². The molecule has 2 aromatic heterocycles. The molecule has 0 atom stereocenters. The summed E-state index contributed by atoms with van der Waals surface area (Å²) in [6, 6.07) is 8.89. The summed E-state index contributed by atoms with van der Waals surface area (Å²) in [5, 5.41) is 11.7.